The molecule has 1 atom stereocenters. The Balaban J connectivity index is 1.27. The zero-order valence-electron chi connectivity index (χ0n) is 22.8. The van der Waals surface area contributed by atoms with E-state index in [1.54, 1.807) is 0 Å². The van der Waals surface area contributed by atoms with Gasteiger partial charge in [0.2, 0.25) is 23.4 Å². The largest absolute Gasteiger partial charge is 0.488 e. The molecule has 3 heterocycles. The molecule has 242 valence electrons. The summed E-state index contributed by atoms with van der Waals surface area (Å²) in [4.78, 5) is 38.6. The van der Waals surface area contributed by atoms with Gasteiger partial charge in [0.25, 0.3) is 5.91 Å². The molecule has 46 heavy (non-hydrogen) atoms. The highest BCUT2D eigenvalue weighted by atomic mass is 19.2. The van der Waals surface area contributed by atoms with Crippen LogP contribution in [0.5, 0.6) is 5.75 Å². The number of hydrogen-bond acceptors (Lipinski definition) is 5. The van der Waals surface area contributed by atoms with E-state index in [9.17, 15) is 58.3 Å². The Morgan fingerprint density at radius 3 is 1.72 bits per heavy atom. The van der Waals surface area contributed by atoms with Gasteiger partial charge in [-0.15, -0.1) is 0 Å². The van der Waals surface area contributed by atoms with Gasteiger partial charge >= 0.3 is 0 Å². The lowest BCUT2D eigenvalue weighted by atomic mass is 9.91. The molecule has 3 aromatic carbocycles. The van der Waals surface area contributed by atoms with E-state index < -0.39 is 118 Å². The highest BCUT2D eigenvalue weighted by Crippen LogP contribution is 2.42. The maximum atomic E-state index is 14.9. The van der Waals surface area contributed by atoms with Crippen molar-refractivity contribution >= 4 is 17.7 Å². The molecule has 0 aromatic heterocycles. The van der Waals surface area contributed by atoms with E-state index in [0.717, 1.165) is 0 Å². The lowest BCUT2D eigenvalue weighted by Crippen LogP contribution is -2.55. The molecule has 1 N–H and O–H groups in total. The second-order valence-electron chi connectivity index (χ2n) is 10.8. The minimum Gasteiger partial charge on any atom is -0.488 e. The van der Waals surface area contributed by atoms with Crippen LogP contribution in [-0.2, 0) is 16.1 Å². The fraction of sp³-hybridized carbons (Fsp3) is 0.276. The van der Waals surface area contributed by atoms with Crippen molar-refractivity contribution < 1.29 is 63.0 Å². The maximum absolute atomic E-state index is 14.9. The molecule has 0 radical (unpaired) electrons. The maximum Gasteiger partial charge on any atom is 0.255 e. The molecule has 0 spiro atoms. The van der Waals surface area contributed by atoms with Gasteiger partial charge in [0.15, 0.2) is 46.5 Å². The molecular weight excluding hydrogens is 644 g/mol. The Bertz CT molecular complexity index is 1720. The van der Waals surface area contributed by atoms with Crippen molar-refractivity contribution in [3.63, 3.8) is 0 Å². The van der Waals surface area contributed by atoms with Crippen LogP contribution in [0.4, 0.5) is 43.9 Å². The van der Waals surface area contributed by atoms with Crippen molar-refractivity contribution in [3.05, 3.63) is 98.6 Å². The first-order valence-corrected chi connectivity index (χ1v) is 13.4. The lowest BCUT2D eigenvalue weighted by molar-refractivity contribution is -0.136. The van der Waals surface area contributed by atoms with Crippen LogP contribution in [0.3, 0.4) is 0 Å². The quantitative estimate of drug-likeness (QED) is 0.180. The molecule has 0 bridgehead atoms. The smallest absolute Gasteiger partial charge is 0.255 e. The van der Waals surface area contributed by atoms with Crippen molar-refractivity contribution in [2.75, 3.05) is 13.1 Å². The monoisotopic (exact) mass is 661 g/mol. The number of piperidine rings is 1. The van der Waals surface area contributed by atoms with Gasteiger partial charge in [-0.05, 0) is 30.2 Å². The molecule has 1 unspecified atom stereocenters. The van der Waals surface area contributed by atoms with Crippen molar-refractivity contribution in [2.45, 2.75) is 37.6 Å². The zero-order valence-corrected chi connectivity index (χ0v) is 22.8. The number of halogens is 10. The summed E-state index contributed by atoms with van der Waals surface area (Å²) in [6.07, 6.45) is -0.856. The minimum atomic E-state index is -2.67. The molecule has 7 nitrogen and oxygen atoms in total. The first-order chi connectivity index (χ1) is 21.7. The third-order valence-electron chi connectivity index (χ3n) is 8.07. The third kappa shape index (κ3) is 4.83. The number of imide groups is 1. The van der Waals surface area contributed by atoms with Crippen LogP contribution in [0, 0.1) is 58.2 Å². The van der Waals surface area contributed by atoms with Gasteiger partial charge in [-0.1, -0.05) is 0 Å². The third-order valence-corrected chi connectivity index (χ3v) is 8.07. The molecule has 2 saturated heterocycles. The van der Waals surface area contributed by atoms with Gasteiger partial charge in [0.05, 0.1) is 17.2 Å². The summed E-state index contributed by atoms with van der Waals surface area (Å²) in [6.45, 7) is -1.14. The fourth-order valence-corrected chi connectivity index (χ4v) is 5.80. The van der Waals surface area contributed by atoms with Crippen LogP contribution in [0.2, 0.25) is 0 Å². The molecule has 3 aliphatic heterocycles. The average Bonchev–Trinajstić information content (AvgIpc) is 3.33. The average molecular weight is 661 g/mol. The van der Waals surface area contributed by atoms with Crippen molar-refractivity contribution in [2.24, 2.45) is 0 Å². The number of rotatable bonds is 6. The van der Waals surface area contributed by atoms with Gasteiger partial charge in [0, 0.05) is 31.6 Å². The van der Waals surface area contributed by atoms with Gasteiger partial charge in [-0.3, -0.25) is 24.6 Å². The van der Waals surface area contributed by atoms with Gasteiger partial charge < -0.3 is 9.64 Å². The minimum absolute atomic E-state index is 0.0279. The summed E-state index contributed by atoms with van der Waals surface area (Å²) in [6, 6.07) is 0.574. The summed E-state index contributed by atoms with van der Waals surface area (Å²) >= 11 is 0. The number of likely N-dealkylation sites (tertiary alicyclic amines) is 1. The Morgan fingerprint density at radius 1 is 0.717 bits per heavy atom. The topological polar surface area (TPSA) is 79.0 Å². The highest BCUT2D eigenvalue weighted by Gasteiger charge is 2.45. The SMILES string of the molecule is O=C1CCC(N2Cc3cc(OC4CN(C(c5c(F)c(F)c(F)c(F)c5F)c5c(F)c(F)c(F)c(F)c5F)C4)ccc3C2=O)C(=O)N1. The van der Waals surface area contributed by atoms with E-state index in [-0.39, 0.29) is 30.7 Å². The highest BCUT2D eigenvalue weighted by molar-refractivity contribution is 6.05. The first-order valence-electron chi connectivity index (χ1n) is 13.4. The number of carbonyl (C=O) groups is 3. The predicted octanol–water partition coefficient (Wildman–Crippen LogP) is 4.69. The number of fused-ring (bicyclic) bond motifs is 1. The summed E-state index contributed by atoms with van der Waals surface area (Å²) in [5, 5.41) is 2.16. The fourth-order valence-electron chi connectivity index (χ4n) is 5.80. The van der Waals surface area contributed by atoms with Crippen molar-refractivity contribution in [1.29, 1.82) is 0 Å². The summed E-state index contributed by atoms with van der Waals surface area (Å²) < 4.78 is 149. The van der Waals surface area contributed by atoms with Crippen LogP contribution in [-0.4, -0.2) is 52.8 Å². The Kier molecular flexibility index (Phi) is 7.69. The van der Waals surface area contributed by atoms with Crippen LogP contribution < -0.4 is 10.1 Å². The number of nitrogens with zero attached hydrogens (tertiary/aromatic N) is 2. The molecule has 3 aliphatic rings. The molecule has 17 heteroatoms. The van der Waals surface area contributed by atoms with Crippen molar-refractivity contribution in [1.82, 2.24) is 15.1 Å². The summed E-state index contributed by atoms with van der Waals surface area (Å²) in [5.41, 5.74) is -3.04. The van der Waals surface area contributed by atoms with E-state index in [4.69, 9.17) is 4.74 Å². The number of benzene rings is 3. The second kappa shape index (κ2) is 11.3. The number of ether oxygens (including phenoxy) is 1. The Hall–Kier alpha value is -4.67. The van der Waals surface area contributed by atoms with E-state index in [2.05, 4.69) is 5.32 Å². The number of amides is 3. The molecular formula is C29H17F10N3O4. The normalized spacial score (nSPS) is 18.7. The van der Waals surface area contributed by atoms with E-state index in [1.807, 2.05) is 0 Å². The summed E-state index contributed by atoms with van der Waals surface area (Å²) in [7, 11) is 0. The second-order valence-corrected chi connectivity index (χ2v) is 10.8. The van der Waals surface area contributed by atoms with Gasteiger partial charge in [-0.25, -0.2) is 43.9 Å². The van der Waals surface area contributed by atoms with Gasteiger partial charge in [-0.2, -0.15) is 0 Å². The van der Waals surface area contributed by atoms with Crippen LogP contribution in [0.1, 0.15) is 45.9 Å². The van der Waals surface area contributed by atoms with Crippen molar-refractivity contribution in [3.8, 4) is 5.75 Å². The van der Waals surface area contributed by atoms with E-state index in [1.165, 1.54) is 23.1 Å². The number of carbonyl (C=O) groups excluding carboxylic acids is 3. The zero-order chi connectivity index (χ0) is 33.4. The molecule has 3 aromatic rings. The van der Waals surface area contributed by atoms with Crippen LogP contribution >= 0.6 is 0 Å². The molecule has 0 aliphatic carbocycles. The van der Waals surface area contributed by atoms with Gasteiger partial charge in [0.1, 0.15) is 17.9 Å². The Labute approximate surface area is 251 Å². The number of nitrogens with one attached hydrogen (secondary N) is 1. The number of hydrogen-bond donors (Lipinski definition) is 1. The predicted molar refractivity (Wildman–Crippen MR) is 133 cm³/mol. The van der Waals surface area contributed by atoms with Crippen LogP contribution in [0.25, 0.3) is 0 Å². The molecule has 2 fully saturated rings. The molecule has 6 rings (SSSR count). The standard InChI is InChI=1S/C29H17F10N3O4/c30-17-15(18(31)22(35)25(38)21(17)34)27(16-19(32)23(36)26(39)24(37)20(16)33)41-7-11(8-41)46-10-1-2-12-9(5-10)6-42(29(12)45)13-3-4-14(43)40-28(13)44/h1-2,5,11,13,27H,3-4,6-8H2,(H,40,43,44). The Morgan fingerprint density at radius 2 is 1.22 bits per heavy atom. The van der Waals surface area contributed by atoms with E-state index >= 15 is 0 Å². The summed E-state index contributed by atoms with van der Waals surface area (Å²) in [5.74, 6) is -26.9. The van der Waals surface area contributed by atoms with Crippen LogP contribution in [0.15, 0.2) is 18.2 Å². The first kappa shape index (κ1) is 31.3. The lowest BCUT2D eigenvalue weighted by Gasteiger charge is -2.44. The molecule has 0 saturated carbocycles. The molecule has 3 amide bonds. The van der Waals surface area contributed by atoms with E-state index in [0.29, 0.717) is 10.5 Å².